The average Bonchev–Trinajstić information content (AvgIpc) is 3.18. The van der Waals surface area contributed by atoms with Gasteiger partial charge in [0.2, 0.25) is 17.7 Å². The maximum absolute atomic E-state index is 12.9. The zero-order valence-corrected chi connectivity index (χ0v) is 18.8. The number of para-hydroxylation sites is 1. The second-order valence-electron chi connectivity index (χ2n) is 8.17. The summed E-state index contributed by atoms with van der Waals surface area (Å²) in [7, 11) is 0. The van der Waals surface area contributed by atoms with Gasteiger partial charge < -0.3 is 36.9 Å². The largest absolute Gasteiger partial charge is 0.481 e. The second kappa shape index (κ2) is 11.8. The van der Waals surface area contributed by atoms with Gasteiger partial charge in [-0.15, -0.1) is 0 Å². The number of rotatable bonds is 12. The molecule has 0 aliphatic carbocycles. The first kappa shape index (κ1) is 26.3. The number of aromatic amines is 1. The SMILES string of the molecule is CC(C)C(N)C(=O)NCC(=O)NC(Cc1c[nH]c2ccccc12)C(=O)NC(CC(=O)O)C(=O)O. The topological polar surface area (TPSA) is 204 Å². The molecule has 0 aliphatic rings. The number of carbonyl (C=O) groups is 5. The van der Waals surface area contributed by atoms with E-state index < -0.39 is 60.8 Å². The Kier molecular flexibility index (Phi) is 9.13. The Bertz CT molecular complexity index is 1060. The molecule has 2 rings (SSSR count). The molecule has 0 spiro atoms. The third-order valence-corrected chi connectivity index (χ3v) is 5.19. The molecule has 8 N–H and O–H groups in total. The van der Waals surface area contributed by atoms with E-state index in [1.807, 2.05) is 18.2 Å². The number of carboxylic acid groups (broad SMARTS) is 2. The van der Waals surface area contributed by atoms with Crippen molar-refractivity contribution in [2.75, 3.05) is 6.54 Å². The normalized spacial score (nSPS) is 13.6. The number of H-pyrrole nitrogens is 1. The fourth-order valence-corrected chi connectivity index (χ4v) is 3.21. The number of aliphatic carboxylic acids is 2. The number of carboxylic acids is 2. The molecule has 12 nitrogen and oxygen atoms in total. The number of nitrogens with two attached hydrogens (primary N) is 1. The monoisotopic (exact) mass is 475 g/mol. The minimum atomic E-state index is -1.68. The number of fused-ring (bicyclic) bond motifs is 1. The lowest BCUT2D eigenvalue weighted by Gasteiger charge is -2.21. The van der Waals surface area contributed by atoms with E-state index in [-0.39, 0.29) is 12.3 Å². The number of amides is 3. The first-order chi connectivity index (χ1) is 16.0. The van der Waals surface area contributed by atoms with E-state index in [2.05, 4.69) is 20.9 Å². The molecular formula is C22H29N5O7. The summed E-state index contributed by atoms with van der Waals surface area (Å²) in [4.78, 5) is 62.7. The highest BCUT2D eigenvalue weighted by Crippen LogP contribution is 2.19. The van der Waals surface area contributed by atoms with Crippen LogP contribution in [0, 0.1) is 5.92 Å². The molecule has 3 amide bonds. The van der Waals surface area contributed by atoms with Gasteiger partial charge in [0.15, 0.2) is 0 Å². The van der Waals surface area contributed by atoms with Gasteiger partial charge >= 0.3 is 11.9 Å². The third kappa shape index (κ3) is 7.30. The molecule has 0 radical (unpaired) electrons. The van der Waals surface area contributed by atoms with Gasteiger partial charge in [0.05, 0.1) is 19.0 Å². The molecule has 3 atom stereocenters. The molecule has 1 aromatic heterocycles. The van der Waals surface area contributed by atoms with Crippen LogP contribution in [-0.4, -0.2) is 69.5 Å². The van der Waals surface area contributed by atoms with Crippen LogP contribution in [0.25, 0.3) is 10.9 Å². The van der Waals surface area contributed by atoms with Crippen LogP contribution >= 0.6 is 0 Å². The predicted molar refractivity (Wildman–Crippen MR) is 122 cm³/mol. The van der Waals surface area contributed by atoms with Crippen molar-refractivity contribution in [2.24, 2.45) is 11.7 Å². The molecule has 0 saturated carbocycles. The van der Waals surface area contributed by atoms with Crippen molar-refractivity contribution in [3.63, 3.8) is 0 Å². The summed E-state index contributed by atoms with van der Waals surface area (Å²) in [5.41, 5.74) is 7.22. The summed E-state index contributed by atoms with van der Waals surface area (Å²) in [6.45, 7) is 3.05. The Morgan fingerprint density at radius 2 is 1.68 bits per heavy atom. The molecule has 1 aromatic carbocycles. The van der Waals surface area contributed by atoms with Crippen LogP contribution in [0.1, 0.15) is 25.8 Å². The molecule has 0 fully saturated rings. The Morgan fingerprint density at radius 3 is 2.29 bits per heavy atom. The van der Waals surface area contributed by atoms with E-state index in [9.17, 15) is 29.1 Å². The van der Waals surface area contributed by atoms with E-state index in [0.29, 0.717) is 5.56 Å². The minimum absolute atomic E-state index is 0.0134. The van der Waals surface area contributed by atoms with Gasteiger partial charge in [-0.1, -0.05) is 32.0 Å². The number of carbonyl (C=O) groups excluding carboxylic acids is 3. The molecular weight excluding hydrogens is 446 g/mol. The summed E-state index contributed by atoms with van der Waals surface area (Å²) >= 11 is 0. The second-order valence-corrected chi connectivity index (χ2v) is 8.17. The van der Waals surface area contributed by atoms with Crippen molar-refractivity contribution in [1.29, 1.82) is 0 Å². The van der Waals surface area contributed by atoms with Crippen molar-refractivity contribution in [2.45, 2.75) is 44.8 Å². The maximum atomic E-state index is 12.9. The molecule has 184 valence electrons. The van der Waals surface area contributed by atoms with Gasteiger partial charge in [0.1, 0.15) is 12.1 Å². The van der Waals surface area contributed by atoms with E-state index in [0.717, 1.165) is 10.9 Å². The number of benzene rings is 1. The molecule has 2 aromatic rings. The summed E-state index contributed by atoms with van der Waals surface area (Å²) in [5, 5.41) is 26.0. The Labute approximate surface area is 195 Å². The van der Waals surface area contributed by atoms with Crippen molar-refractivity contribution in [3.8, 4) is 0 Å². The highest BCUT2D eigenvalue weighted by Gasteiger charge is 2.29. The lowest BCUT2D eigenvalue weighted by Crippen LogP contribution is -2.55. The van der Waals surface area contributed by atoms with Crippen LogP contribution in [0.3, 0.4) is 0 Å². The molecule has 1 heterocycles. The highest BCUT2D eigenvalue weighted by molar-refractivity contribution is 5.94. The van der Waals surface area contributed by atoms with Gasteiger partial charge in [-0.2, -0.15) is 0 Å². The van der Waals surface area contributed by atoms with Crippen LogP contribution in [0.4, 0.5) is 0 Å². The Balaban J connectivity index is 2.18. The number of hydrogen-bond acceptors (Lipinski definition) is 6. The summed E-state index contributed by atoms with van der Waals surface area (Å²) in [6, 6.07) is 3.53. The van der Waals surface area contributed by atoms with Gasteiger partial charge in [0, 0.05) is 23.5 Å². The van der Waals surface area contributed by atoms with Crippen LogP contribution < -0.4 is 21.7 Å². The van der Waals surface area contributed by atoms with Crippen molar-refractivity contribution < 1.29 is 34.2 Å². The zero-order valence-electron chi connectivity index (χ0n) is 18.8. The third-order valence-electron chi connectivity index (χ3n) is 5.19. The highest BCUT2D eigenvalue weighted by atomic mass is 16.4. The first-order valence-electron chi connectivity index (χ1n) is 10.6. The van der Waals surface area contributed by atoms with E-state index in [4.69, 9.17) is 10.8 Å². The smallest absolute Gasteiger partial charge is 0.326 e. The Hall–Kier alpha value is -3.93. The molecule has 34 heavy (non-hydrogen) atoms. The minimum Gasteiger partial charge on any atom is -0.481 e. The lowest BCUT2D eigenvalue weighted by atomic mass is 10.0. The maximum Gasteiger partial charge on any atom is 0.326 e. The van der Waals surface area contributed by atoms with Crippen LogP contribution in [0.2, 0.25) is 0 Å². The van der Waals surface area contributed by atoms with Crippen LogP contribution in [-0.2, 0) is 30.4 Å². The van der Waals surface area contributed by atoms with Gasteiger partial charge in [-0.3, -0.25) is 19.2 Å². The first-order valence-corrected chi connectivity index (χ1v) is 10.6. The standard InChI is InChI=1S/C22H29N5O7/c1-11(2)19(23)21(32)25-10-17(28)26-15(20(31)27-16(22(33)34)8-18(29)30)7-12-9-24-14-6-4-3-5-13(12)14/h3-6,9,11,15-16,19,24H,7-8,10,23H2,1-2H3,(H,25,32)(H,26,28)(H,27,31)(H,29,30)(H,33,34). The summed E-state index contributed by atoms with van der Waals surface area (Å²) in [6.07, 6.45) is 0.810. The lowest BCUT2D eigenvalue weighted by molar-refractivity contribution is -0.147. The fourth-order valence-electron chi connectivity index (χ4n) is 3.21. The van der Waals surface area contributed by atoms with E-state index in [1.54, 1.807) is 26.1 Å². The Morgan fingerprint density at radius 1 is 1.00 bits per heavy atom. The molecule has 0 aliphatic heterocycles. The molecule has 0 bridgehead atoms. The predicted octanol–water partition coefficient (Wildman–Crippen LogP) is -0.661. The van der Waals surface area contributed by atoms with Crippen molar-refractivity contribution >= 4 is 40.6 Å². The number of nitrogens with one attached hydrogen (secondary N) is 4. The average molecular weight is 476 g/mol. The van der Waals surface area contributed by atoms with Crippen molar-refractivity contribution in [1.82, 2.24) is 20.9 Å². The van der Waals surface area contributed by atoms with Crippen molar-refractivity contribution in [3.05, 3.63) is 36.0 Å². The summed E-state index contributed by atoms with van der Waals surface area (Å²) < 4.78 is 0. The van der Waals surface area contributed by atoms with E-state index >= 15 is 0 Å². The molecule has 12 heteroatoms. The number of hydrogen-bond donors (Lipinski definition) is 7. The van der Waals surface area contributed by atoms with E-state index in [1.165, 1.54) is 0 Å². The van der Waals surface area contributed by atoms with Gasteiger partial charge in [-0.25, -0.2) is 4.79 Å². The van der Waals surface area contributed by atoms with Crippen LogP contribution in [0.15, 0.2) is 30.5 Å². The van der Waals surface area contributed by atoms with Gasteiger partial charge in [-0.05, 0) is 17.5 Å². The summed E-state index contributed by atoms with van der Waals surface area (Å²) in [5.74, 6) is -5.19. The van der Waals surface area contributed by atoms with Gasteiger partial charge in [0.25, 0.3) is 0 Å². The van der Waals surface area contributed by atoms with Crippen LogP contribution in [0.5, 0.6) is 0 Å². The quantitative estimate of drug-likeness (QED) is 0.209. The number of aromatic nitrogens is 1. The fraction of sp³-hybridized carbons (Fsp3) is 0.409. The molecule has 0 saturated heterocycles. The zero-order chi connectivity index (χ0) is 25.4. The molecule has 3 unspecified atom stereocenters.